The van der Waals surface area contributed by atoms with Crippen molar-refractivity contribution < 1.29 is 9.53 Å². The van der Waals surface area contributed by atoms with Crippen molar-refractivity contribution in [2.45, 2.75) is 0 Å². The fourth-order valence-electron chi connectivity index (χ4n) is 2.45. The number of rotatable bonds is 3. The molecule has 0 saturated heterocycles. The Morgan fingerprint density at radius 3 is 2.78 bits per heavy atom. The topological polar surface area (TPSA) is 104 Å². The highest BCUT2D eigenvalue weighted by atomic mass is 16.5. The Balaban J connectivity index is 1.71. The van der Waals surface area contributed by atoms with E-state index in [4.69, 9.17) is 4.74 Å². The highest BCUT2D eigenvalue weighted by Crippen LogP contribution is 2.29. The molecular formula is C15H12N6O2. The molecule has 3 aromatic rings. The van der Waals surface area contributed by atoms with Gasteiger partial charge in [0.15, 0.2) is 5.71 Å². The molecule has 1 amide bonds. The van der Waals surface area contributed by atoms with Gasteiger partial charge in [-0.05, 0) is 36.4 Å². The molecule has 2 aromatic carbocycles. The zero-order valence-electron chi connectivity index (χ0n) is 12.1. The van der Waals surface area contributed by atoms with E-state index in [2.05, 4.69) is 31.3 Å². The molecule has 0 saturated carbocycles. The number of aromatic nitrogens is 3. The van der Waals surface area contributed by atoms with Gasteiger partial charge in [-0.25, -0.2) is 0 Å². The van der Waals surface area contributed by atoms with Gasteiger partial charge in [0, 0.05) is 0 Å². The minimum atomic E-state index is -0.281. The normalized spacial score (nSPS) is 14.8. The molecule has 23 heavy (non-hydrogen) atoms. The highest BCUT2D eigenvalue weighted by molar-refractivity contribution is 6.55. The largest absolute Gasteiger partial charge is 0.497 e. The Hall–Kier alpha value is -3.42. The van der Waals surface area contributed by atoms with Gasteiger partial charge < -0.3 is 10.1 Å². The van der Waals surface area contributed by atoms with Gasteiger partial charge in [-0.15, -0.1) is 5.10 Å². The van der Waals surface area contributed by atoms with Crippen molar-refractivity contribution in [2.75, 3.05) is 17.9 Å². The molecule has 1 aliphatic heterocycles. The molecule has 8 heteroatoms. The second kappa shape index (κ2) is 5.09. The number of aromatic amines is 1. The Morgan fingerprint density at radius 1 is 1.17 bits per heavy atom. The molecule has 0 aliphatic carbocycles. The summed E-state index contributed by atoms with van der Waals surface area (Å²) in [7, 11) is 1.60. The van der Waals surface area contributed by atoms with E-state index in [1.54, 1.807) is 25.3 Å². The number of nitrogens with one attached hydrogen (secondary N) is 3. The summed E-state index contributed by atoms with van der Waals surface area (Å²) in [5.41, 5.74) is 6.56. The lowest BCUT2D eigenvalue weighted by molar-refractivity contribution is -0.110. The van der Waals surface area contributed by atoms with Gasteiger partial charge in [0.25, 0.3) is 5.91 Å². The van der Waals surface area contributed by atoms with Crippen LogP contribution in [0.25, 0.3) is 11.0 Å². The maximum atomic E-state index is 12.2. The molecule has 3 N–H and O–H groups in total. The molecule has 0 radical (unpaired) electrons. The van der Waals surface area contributed by atoms with Crippen LogP contribution in [0.1, 0.15) is 5.56 Å². The van der Waals surface area contributed by atoms with Gasteiger partial charge in [-0.1, -0.05) is 5.21 Å². The van der Waals surface area contributed by atoms with Crippen molar-refractivity contribution >= 4 is 34.0 Å². The maximum absolute atomic E-state index is 12.2. The van der Waals surface area contributed by atoms with E-state index in [1.807, 2.05) is 18.2 Å². The van der Waals surface area contributed by atoms with Crippen LogP contribution in [0.4, 0.5) is 11.4 Å². The van der Waals surface area contributed by atoms with Crippen molar-refractivity contribution in [1.29, 1.82) is 0 Å². The van der Waals surface area contributed by atoms with E-state index in [9.17, 15) is 4.79 Å². The fourth-order valence-corrected chi connectivity index (χ4v) is 2.45. The van der Waals surface area contributed by atoms with Crippen molar-refractivity contribution in [2.24, 2.45) is 5.10 Å². The van der Waals surface area contributed by atoms with Crippen LogP contribution in [0, 0.1) is 0 Å². The molecular weight excluding hydrogens is 296 g/mol. The molecule has 0 unspecified atom stereocenters. The molecule has 0 bridgehead atoms. The molecule has 0 spiro atoms. The molecule has 2 heterocycles. The number of amides is 1. The van der Waals surface area contributed by atoms with Gasteiger partial charge in [0.2, 0.25) is 0 Å². The number of hydrogen-bond donors (Lipinski definition) is 3. The molecule has 1 aromatic heterocycles. The van der Waals surface area contributed by atoms with Crippen molar-refractivity contribution in [1.82, 2.24) is 15.4 Å². The monoisotopic (exact) mass is 308 g/mol. The number of fused-ring (bicyclic) bond motifs is 3. The van der Waals surface area contributed by atoms with Crippen LogP contribution >= 0.6 is 0 Å². The second-order valence-electron chi connectivity index (χ2n) is 4.95. The summed E-state index contributed by atoms with van der Waals surface area (Å²) in [6.45, 7) is 0. The summed E-state index contributed by atoms with van der Waals surface area (Å²) in [6, 6.07) is 10.8. The van der Waals surface area contributed by atoms with Crippen LogP contribution in [-0.4, -0.2) is 34.1 Å². The maximum Gasteiger partial charge on any atom is 0.276 e. The number of nitrogens with zero attached hydrogens (tertiary/aromatic N) is 3. The Morgan fingerprint density at radius 2 is 2.00 bits per heavy atom. The third-order valence-electron chi connectivity index (χ3n) is 3.59. The number of carbonyl (C=O) groups is 1. The first-order valence-corrected chi connectivity index (χ1v) is 6.89. The smallest absolute Gasteiger partial charge is 0.276 e. The van der Waals surface area contributed by atoms with E-state index in [-0.39, 0.29) is 11.6 Å². The first-order valence-electron chi connectivity index (χ1n) is 6.89. The number of methoxy groups -OCH3 is 1. The van der Waals surface area contributed by atoms with Crippen molar-refractivity contribution in [3.8, 4) is 5.75 Å². The lowest BCUT2D eigenvalue weighted by Gasteiger charge is -2.03. The lowest BCUT2D eigenvalue weighted by atomic mass is 10.1. The summed E-state index contributed by atoms with van der Waals surface area (Å²) in [5.74, 6) is 0.466. The molecule has 0 fully saturated rings. The third-order valence-corrected chi connectivity index (χ3v) is 3.59. The van der Waals surface area contributed by atoms with Crippen molar-refractivity contribution in [3.63, 3.8) is 0 Å². The van der Waals surface area contributed by atoms with Gasteiger partial charge >= 0.3 is 0 Å². The van der Waals surface area contributed by atoms with Gasteiger partial charge in [-0.3, -0.25) is 15.3 Å². The van der Waals surface area contributed by atoms with E-state index < -0.39 is 0 Å². The molecule has 0 atom stereocenters. The van der Waals surface area contributed by atoms with Crippen LogP contribution in [-0.2, 0) is 4.79 Å². The number of H-pyrrole nitrogens is 1. The average molecular weight is 308 g/mol. The summed E-state index contributed by atoms with van der Waals surface area (Å²) in [5, 5.41) is 17.6. The summed E-state index contributed by atoms with van der Waals surface area (Å²) < 4.78 is 5.10. The predicted octanol–water partition coefficient (Wildman–Crippen LogP) is 1.73. The summed E-state index contributed by atoms with van der Waals surface area (Å²) in [6.07, 6.45) is 0. The summed E-state index contributed by atoms with van der Waals surface area (Å²) >= 11 is 0. The second-order valence-corrected chi connectivity index (χ2v) is 4.95. The number of hydrogen-bond acceptors (Lipinski definition) is 6. The average Bonchev–Trinajstić information content (AvgIpc) is 3.16. The molecule has 1 aliphatic rings. The first-order chi connectivity index (χ1) is 11.3. The predicted molar refractivity (Wildman–Crippen MR) is 85.7 cm³/mol. The van der Waals surface area contributed by atoms with Gasteiger partial charge in [0.05, 0.1) is 29.6 Å². The van der Waals surface area contributed by atoms with Crippen LogP contribution in [0.5, 0.6) is 5.75 Å². The quantitative estimate of drug-likeness (QED) is 0.639. The number of anilines is 2. The van der Waals surface area contributed by atoms with Crippen LogP contribution in [0.3, 0.4) is 0 Å². The Bertz CT molecular complexity index is 929. The molecule has 4 rings (SSSR count). The number of ether oxygens (including phenoxy) is 1. The first kappa shape index (κ1) is 13.3. The number of benzene rings is 2. The van der Waals surface area contributed by atoms with E-state index in [0.29, 0.717) is 16.8 Å². The minimum absolute atomic E-state index is 0.273. The van der Waals surface area contributed by atoms with Crippen molar-refractivity contribution in [3.05, 3.63) is 42.0 Å². The van der Waals surface area contributed by atoms with Gasteiger partial charge in [0.1, 0.15) is 11.3 Å². The lowest BCUT2D eigenvalue weighted by Crippen LogP contribution is -2.16. The van der Waals surface area contributed by atoms with Crippen LogP contribution in [0.15, 0.2) is 41.5 Å². The molecule has 8 nitrogen and oxygen atoms in total. The highest BCUT2D eigenvalue weighted by Gasteiger charge is 2.29. The van der Waals surface area contributed by atoms with E-state index in [1.165, 1.54) is 0 Å². The summed E-state index contributed by atoms with van der Waals surface area (Å²) in [4.78, 5) is 12.2. The Labute approximate surface area is 130 Å². The van der Waals surface area contributed by atoms with Crippen LogP contribution in [0.2, 0.25) is 0 Å². The SMILES string of the molecule is COc1ccc(NN=C2C(=O)Nc3ccc4[nH]nnc4c32)cc1. The Kier molecular flexibility index (Phi) is 2.94. The zero-order valence-corrected chi connectivity index (χ0v) is 12.1. The van der Waals surface area contributed by atoms with E-state index in [0.717, 1.165) is 17.0 Å². The number of hydrazone groups is 1. The molecule has 114 valence electrons. The fraction of sp³-hybridized carbons (Fsp3) is 0.0667. The van der Waals surface area contributed by atoms with Gasteiger partial charge in [-0.2, -0.15) is 5.10 Å². The third kappa shape index (κ3) is 2.16. The van der Waals surface area contributed by atoms with Crippen LogP contribution < -0.4 is 15.5 Å². The number of carbonyl (C=O) groups excluding carboxylic acids is 1. The zero-order chi connectivity index (χ0) is 15.8. The van der Waals surface area contributed by atoms with E-state index >= 15 is 0 Å². The minimum Gasteiger partial charge on any atom is -0.497 e. The standard InChI is InChI=1S/C15H12N6O2/c1-23-9-4-2-8(3-5-9)17-19-14-12-10(16-15(14)22)6-7-11-13(12)20-21-18-11/h2-7,17H,1H3,(H,16,19,22)(H,18,20,21).